The van der Waals surface area contributed by atoms with Crippen LogP contribution in [0.5, 0.6) is 0 Å². The molecule has 1 heterocycles. The van der Waals surface area contributed by atoms with E-state index in [1.807, 2.05) is 12.1 Å². The summed E-state index contributed by atoms with van der Waals surface area (Å²) in [5.74, 6) is -0.00678. The summed E-state index contributed by atoms with van der Waals surface area (Å²) in [7, 11) is 1.64. The lowest BCUT2D eigenvalue weighted by molar-refractivity contribution is -0.122. The number of likely N-dealkylation sites (N-methyl/N-ethyl adjacent to an activating group) is 1. The van der Waals surface area contributed by atoms with E-state index in [4.69, 9.17) is 5.26 Å². The molecule has 1 aliphatic heterocycles. The van der Waals surface area contributed by atoms with Crippen molar-refractivity contribution in [1.82, 2.24) is 10.6 Å². The first kappa shape index (κ1) is 13.8. The molecule has 100 valence electrons. The minimum absolute atomic E-state index is 0.00678. The fourth-order valence-corrected chi connectivity index (χ4v) is 2.64. The zero-order chi connectivity index (χ0) is 13.8. The maximum absolute atomic E-state index is 11.9. The molecule has 0 radical (unpaired) electrons. The fraction of sp³-hybridized carbons (Fsp3) is 0.385. The summed E-state index contributed by atoms with van der Waals surface area (Å²) in [5, 5.41) is 14.8. The van der Waals surface area contributed by atoms with Crippen molar-refractivity contribution in [2.24, 2.45) is 0 Å². The van der Waals surface area contributed by atoms with Crippen molar-refractivity contribution in [1.29, 1.82) is 5.26 Å². The van der Waals surface area contributed by atoms with Crippen LogP contribution in [0.2, 0.25) is 0 Å². The van der Waals surface area contributed by atoms with E-state index in [0.717, 1.165) is 23.2 Å². The van der Waals surface area contributed by atoms with E-state index >= 15 is 0 Å². The van der Waals surface area contributed by atoms with Crippen molar-refractivity contribution < 1.29 is 4.79 Å². The molecule has 2 rings (SSSR count). The van der Waals surface area contributed by atoms with Crippen molar-refractivity contribution in [2.75, 3.05) is 31.6 Å². The van der Waals surface area contributed by atoms with Gasteiger partial charge in [0, 0.05) is 36.8 Å². The number of nitrogens with zero attached hydrogens (tertiary/aromatic N) is 2. The lowest BCUT2D eigenvalue weighted by Gasteiger charge is -2.36. The van der Waals surface area contributed by atoms with Gasteiger partial charge in [0.05, 0.1) is 5.56 Å². The predicted molar refractivity (Wildman–Crippen MR) is 76.9 cm³/mol. The van der Waals surface area contributed by atoms with E-state index in [0.29, 0.717) is 12.1 Å². The normalized spacial score (nSPS) is 18.8. The summed E-state index contributed by atoms with van der Waals surface area (Å²) < 4.78 is 0.752. The Hall–Kier alpha value is -1.58. The van der Waals surface area contributed by atoms with Gasteiger partial charge in [-0.15, -0.1) is 0 Å². The molecule has 0 aromatic heterocycles. The Morgan fingerprint density at radius 1 is 1.63 bits per heavy atom. The third-order valence-corrected chi connectivity index (χ3v) is 3.85. The largest absolute Gasteiger partial charge is 0.357 e. The van der Waals surface area contributed by atoms with Crippen LogP contribution in [0.3, 0.4) is 0 Å². The van der Waals surface area contributed by atoms with Gasteiger partial charge in [-0.3, -0.25) is 4.79 Å². The van der Waals surface area contributed by atoms with Crippen LogP contribution in [-0.4, -0.2) is 38.6 Å². The smallest absolute Gasteiger partial charge is 0.243 e. The molecular weight excluding hydrogens is 308 g/mol. The summed E-state index contributed by atoms with van der Waals surface area (Å²) in [6, 6.07) is 7.42. The standard InChI is InChI=1S/C13H15BrN4O/c1-16-13(19)12-8-17-4-5-18(12)10-3-2-9(7-15)11(14)6-10/h2-3,6,12,17H,4-5,8H2,1H3,(H,16,19). The van der Waals surface area contributed by atoms with Gasteiger partial charge in [-0.25, -0.2) is 0 Å². The Balaban J connectivity index is 2.30. The van der Waals surface area contributed by atoms with Crippen LogP contribution in [0.15, 0.2) is 22.7 Å². The number of nitriles is 1. The lowest BCUT2D eigenvalue weighted by atomic mass is 10.1. The van der Waals surface area contributed by atoms with Gasteiger partial charge in [-0.05, 0) is 34.1 Å². The van der Waals surface area contributed by atoms with Crippen LogP contribution >= 0.6 is 15.9 Å². The number of amides is 1. The Morgan fingerprint density at radius 2 is 2.42 bits per heavy atom. The number of benzene rings is 1. The number of piperazine rings is 1. The SMILES string of the molecule is CNC(=O)C1CNCCN1c1ccc(C#N)c(Br)c1. The van der Waals surface area contributed by atoms with Crippen molar-refractivity contribution in [3.8, 4) is 6.07 Å². The number of nitrogens with one attached hydrogen (secondary N) is 2. The van der Waals surface area contributed by atoms with Crippen LogP contribution in [-0.2, 0) is 4.79 Å². The maximum atomic E-state index is 11.9. The van der Waals surface area contributed by atoms with Crippen LogP contribution in [0.25, 0.3) is 0 Å². The molecule has 5 nitrogen and oxygen atoms in total. The topological polar surface area (TPSA) is 68.2 Å². The molecule has 1 aliphatic rings. The van der Waals surface area contributed by atoms with Gasteiger partial charge in [0.25, 0.3) is 0 Å². The zero-order valence-electron chi connectivity index (χ0n) is 10.6. The average molecular weight is 323 g/mol. The molecule has 1 atom stereocenters. The molecule has 1 aromatic carbocycles. The third kappa shape index (κ3) is 2.88. The summed E-state index contributed by atoms with van der Waals surface area (Å²) >= 11 is 3.38. The van der Waals surface area contributed by atoms with Gasteiger partial charge in [-0.1, -0.05) is 0 Å². The van der Waals surface area contributed by atoms with E-state index in [9.17, 15) is 4.79 Å². The van der Waals surface area contributed by atoms with Crippen LogP contribution < -0.4 is 15.5 Å². The van der Waals surface area contributed by atoms with Gasteiger partial charge in [-0.2, -0.15) is 5.26 Å². The van der Waals surface area contributed by atoms with E-state index in [-0.39, 0.29) is 11.9 Å². The zero-order valence-corrected chi connectivity index (χ0v) is 12.2. The molecule has 0 bridgehead atoms. The lowest BCUT2D eigenvalue weighted by Crippen LogP contribution is -2.57. The molecule has 1 amide bonds. The number of carbonyl (C=O) groups is 1. The molecule has 1 aromatic rings. The summed E-state index contributed by atoms with van der Waals surface area (Å²) in [6.45, 7) is 2.22. The maximum Gasteiger partial charge on any atom is 0.243 e. The Kier molecular flexibility index (Phi) is 4.40. The van der Waals surface area contributed by atoms with Crippen molar-refractivity contribution in [3.63, 3.8) is 0 Å². The first-order valence-corrected chi connectivity index (χ1v) is 6.85. The first-order chi connectivity index (χ1) is 9.17. The Bertz CT molecular complexity index is 526. The minimum atomic E-state index is -0.224. The molecule has 6 heteroatoms. The molecule has 1 fully saturated rings. The second-order valence-corrected chi connectivity index (χ2v) is 5.16. The van der Waals surface area contributed by atoms with E-state index in [1.165, 1.54) is 0 Å². The fourth-order valence-electron chi connectivity index (χ4n) is 2.19. The molecule has 1 saturated heterocycles. The number of hydrogen-bond donors (Lipinski definition) is 2. The number of anilines is 1. The Labute approximate surface area is 120 Å². The third-order valence-electron chi connectivity index (χ3n) is 3.20. The molecule has 2 N–H and O–H groups in total. The molecular formula is C13H15BrN4O. The van der Waals surface area contributed by atoms with Gasteiger partial charge >= 0.3 is 0 Å². The molecule has 0 aliphatic carbocycles. The number of hydrogen-bond acceptors (Lipinski definition) is 4. The van der Waals surface area contributed by atoms with Crippen molar-refractivity contribution in [2.45, 2.75) is 6.04 Å². The van der Waals surface area contributed by atoms with Gasteiger partial charge < -0.3 is 15.5 Å². The van der Waals surface area contributed by atoms with Crippen LogP contribution in [0, 0.1) is 11.3 Å². The van der Waals surface area contributed by atoms with Crippen LogP contribution in [0.1, 0.15) is 5.56 Å². The predicted octanol–water partition coefficient (Wildman–Crippen LogP) is 0.845. The quantitative estimate of drug-likeness (QED) is 0.847. The highest BCUT2D eigenvalue weighted by molar-refractivity contribution is 9.10. The highest BCUT2D eigenvalue weighted by Crippen LogP contribution is 2.25. The van der Waals surface area contributed by atoms with Gasteiger partial charge in [0.1, 0.15) is 12.1 Å². The molecule has 0 saturated carbocycles. The number of carbonyl (C=O) groups excluding carboxylic acids is 1. The summed E-state index contributed by atoms with van der Waals surface area (Å²) in [4.78, 5) is 14.0. The average Bonchev–Trinajstić information content (AvgIpc) is 2.46. The van der Waals surface area contributed by atoms with Gasteiger partial charge in [0.2, 0.25) is 5.91 Å². The molecule has 1 unspecified atom stereocenters. The monoisotopic (exact) mass is 322 g/mol. The minimum Gasteiger partial charge on any atom is -0.357 e. The number of halogens is 1. The highest BCUT2D eigenvalue weighted by Gasteiger charge is 2.28. The summed E-state index contributed by atoms with van der Waals surface area (Å²) in [6.07, 6.45) is 0. The Morgan fingerprint density at radius 3 is 3.05 bits per heavy atom. The number of rotatable bonds is 2. The van der Waals surface area contributed by atoms with E-state index < -0.39 is 0 Å². The summed E-state index contributed by atoms with van der Waals surface area (Å²) in [5.41, 5.74) is 1.54. The van der Waals surface area contributed by atoms with E-state index in [2.05, 4.69) is 37.5 Å². The van der Waals surface area contributed by atoms with E-state index in [1.54, 1.807) is 13.1 Å². The second-order valence-electron chi connectivity index (χ2n) is 4.30. The second kappa shape index (κ2) is 6.04. The van der Waals surface area contributed by atoms with Crippen molar-refractivity contribution in [3.05, 3.63) is 28.2 Å². The van der Waals surface area contributed by atoms with Gasteiger partial charge in [0.15, 0.2) is 0 Å². The first-order valence-electron chi connectivity index (χ1n) is 6.06. The van der Waals surface area contributed by atoms with Crippen LogP contribution in [0.4, 0.5) is 5.69 Å². The molecule has 0 spiro atoms. The van der Waals surface area contributed by atoms with Crippen molar-refractivity contribution >= 4 is 27.5 Å². The highest BCUT2D eigenvalue weighted by atomic mass is 79.9. The molecule has 19 heavy (non-hydrogen) atoms.